The fraction of sp³-hybridized carbons (Fsp3) is 0.414. The van der Waals surface area contributed by atoms with E-state index < -0.39 is 0 Å². The van der Waals surface area contributed by atoms with Gasteiger partial charge in [0, 0.05) is 55.6 Å². The number of benzene rings is 2. The summed E-state index contributed by atoms with van der Waals surface area (Å²) in [5.74, 6) is -0.401. The number of aromatic nitrogens is 2. The summed E-state index contributed by atoms with van der Waals surface area (Å²) in [5, 5.41) is 18.4. The van der Waals surface area contributed by atoms with Crippen LogP contribution in [0.15, 0.2) is 37.1 Å². The number of nitrogens with zero attached hydrogens (tertiary/aromatic N) is 5. The van der Waals surface area contributed by atoms with Gasteiger partial charge >= 0.3 is 0 Å². The maximum atomic E-state index is 16.6. The number of morpholine rings is 1. The van der Waals surface area contributed by atoms with E-state index in [-0.39, 0.29) is 17.1 Å². The highest BCUT2D eigenvalue weighted by Gasteiger charge is 2.46. The van der Waals surface area contributed by atoms with E-state index in [0.29, 0.717) is 48.7 Å². The van der Waals surface area contributed by atoms with E-state index in [2.05, 4.69) is 27.7 Å². The third-order valence-electron chi connectivity index (χ3n) is 8.47. The Kier molecular flexibility index (Phi) is 6.07. The number of fused-ring (bicyclic) bond motifs is 1. The molecule has 3 saturated heterocycles. The highest BCUT2D eigenvalue weighted by Crippen LogP contribution is 2.46. The van der Waals surface area contributed by atoms with Crippen molar-refractivity contribution in [2.45, 2.75) is 19.8 Å². The number of likely N-dealkylation sites (tertiary alicyclic amines) is 1. The standard InChI is InChI=1S/C29H31FN6O2/c1-3-25(37)36-17-29(18-36)6-8-34(9-7-29)23-14-24(35-10-12-38-13-11-35)28(30)27(20(23)15-31)26-19(2)4-5-22-21(26)16-32-33-22/h3-5,14,16H,1,6-13,17-18H2,2H3,(H,32,33). The zero-order chi connectivity index (χ0) is 26.4. The number of aromatic amines is 1. The zero-order valence-electron chi connectivity index (χ0n) is 21.6. The number of carbonyl (C=O) groups is 1. The third kappa shape index (κ3) is 3.91. The first-order valence-corrected chi connectivity index (χ1v) is 13.1. The van der Waals surface area contributed by atoms with Crippen molar-refractivity contribution in [1.29, 1.82) is 5.26 Å². The van der Waals surface area contributed by atoms with Gasteiger partial charge in [-0.2, -0.15) is 10.4 Å². The fourth-order valence-electron chi connectivity index (χ4n) is 6.31. The first-order valence-electron chi connectivity index (χ1n) is 13.1. The molecule has 3 aliphatic rings. The van der Waals surface area contributed by atoms with Crippen LogP contribution in [0.3, 0.4) is 0 Å². The van der Waals surface area contributed by atoms with Crippen LogP contribution in [-0.4, -0.2) is 73.5 Å². The molecular weight excluding hydrogens is 483 g/mol. The van der Waals surface area contributed by atoms with Crippen molar-refractivity contribution in [3.8, 4) is 17.2 Å². The molecule has 3 aliphatic heterocycles. The number of aryl methyl sites for hydroxylation is 1. The van der Waals surface area contributed by atoms with Gasteiger partial charge in [0.25, 0.3) is 0 Å². The van der Waals surface area contributed by atoms with Gasteiger partial charge in [0.05, 0.1) is 41.9 Å². The van der Waals surface area contributed by atoms with Crippen LogP contribution in [0.2, 0.25) is 0 Å². The number of rotatable bonds is 4. The molecule has 1 spiro atoms. The molecule has 2 aromatic carbocycles. The SMILES string of the molecule is C=CC(=O)N1CC2(CCN(c3cc(N4CCOCC4)c(F)c(-c4c(C)ccc5[nH]ncc45)c3C#N)CC2)C1. The molecule has 1 N–H and O–H groups in total. The highest BCUT2D eigenvalue weighted by atomic mass is 19.1. The molecule has 1 amide bonds. The van der Waals surface area contributed by atoms with Crippen molar-refractivity contribution in [1.82, 2.24) is 15.1 Å². The zero-order valence-corrected chi connectivity index (χ0v) is 21.6. The third-order valence-corrected chi connectivity index (χ3v) is 8.47. The second-order valence-corrected chi connectivity index (χ2v) is 10.7. The van der Waals surface area contributed by atoms with Gasteiger partial charge in [-0.15, -0.1) is 0 Å². The summed E-state index contributed by atoms with van der Waals surface area (Å²) in [6.07, 6.45) is 4.90. The van der Waals surface area contributed by atoms with Crippen LogP contribution in [0.1, 0.15) is 24.0 Å². The quantitative estimate of drug-likeness (QED) is 0.530. The summed E-state index contributed by atoms with van der Waals surface area (Å²) < 4.78 is 22.1. The maximum absolute atomic E-state index is 16.6. The van der Waals surface area contributed by atoms with Crippen LogP contribution in [-0.2, 0) is 9.53 Å². The number of carbonyl (C=O) groups excluding carboxylic acids is 1. The molecule has 38 heavy (non-hydrogen) atoms. The average Bonchev–Trinajstić information content (AvgIpc) is 3.41. The molecule has 4 heterocycles. The minimum atomic E-state index is -0.380. The fourth-order valence-corrected chi connectivity index (χ4v) is 6.31. The molecule has 8 nitrogen and oxygen atoms in total. The molecule has 0 unspecified atom stereocenters. The summed E-state index contributed by atoms with van der Waals surface area (Å²) in [6, 6.07) is 8.11. The number of amides is 1. The van der Waals surface area contributed by atoms with Gasteiger partial charge in [0.2, 0.25) is 5.91 Å². The predicted molar refractivity (Wildman–Crippen MR) is 145 cm³/mol. The van der Waals surface area contributed by atoms with Crippen molar-refractivity contribution in [2.75, 3.05) is 62.3 Å². The molecule has 0 aliphatic carbocycles. The number of hydrogen-bond donors (Lipinski definition) is 1. The monoisotopic (exact) mass is 514 g/mol. The summed E-state index contributed by atoms with van der Waals surface area (Å²) in [6.45, 7) is 10.8. The van der Waals surface area contributed by atoms with E-state index >= 15 is 4.39 Å². The van der Waals surface area contributed by atoms with Crippen molar-refractivity contribution >= 4 is 28.2 Å². The molecule has 3 fully saturated rings. The molecule has 0 bridgehead atoms. The Morgan fingerprint density at radius 2 is 1.87 bits per heavy atom. The molecule has 0 atom stereocenters. The lowest BCUT2D eigenvalue weighted by molar-refractivity contribution is -0.139. The lowest BCUT2D eigenvalue weighted by atomic mass is 9.71. The number of piperidine rings is 1. The lowest BCUT2D eigenvalue weighted by Crippen LogP contribution is -2.61. The Morgan fingerprint density at radius 3 is 2.55 bits per heavy atom. The Morgan fingerprint density at radius 1 is 1.16 bits per heavy atom. The van der Waals surface area contributed by atoms with E-state index in [0.717, 1.165) is 61.2 Å². The minimum absolute atomic E-state index is 0.0213. The second kappa shape index (κ2) is 9.44. The van der Waals surface area contributed by atoms with Crippen LogP contribution >= 0.6 is 0 Å². The Balaban J connectivity index is 1.44. The van der Waals surface area contributed by atoms with Gasteiger partial charge < -0.3 is 19.4 Å². The number of anilines is 2. The number of nitriles is 1. The molecule has 0 radical (unpaired) electrons. The molecular formula is C29H31FN6O2. The number of nitrogens with one attached hydrogen (secondary N) is 1. The van der Waals surface area contributed by atoms with Gasteiger partial charge in [0.15, 0.2) is 5.82 Å². The Hall–Kier alpha value is -3.90. The molecule has 6 rings (SSSR count). The van der Waals surface area contributed by atoms with Crippen LogP contribution in [0.25, 0.3) is 22.0 Å². The van der Waals surface area contributed by atoms with Crippen molar-refractivity contribution in [3.05, 3.63) is 54.0 Å². The van der Waals surface area contributed by atoms with Crippen LogP contribution in [0.5, 0.6) is 0 Å². The van der Waals surface area contributed by atoms with Gasteiger partial charge in [0.1, 0.15) is 6.07 Å². The van der Waals surface area contributed by atoms with Crippen LogP contribution in [0, 0.1) is 29.5 Å². The summed E-state index contributed by atoms with van der Waals surface area (Å²) in [5.41, 5.74) is 4.45. The molecule has 0 saturated carbocycles. The molecule has 1 aromatic heterocycles. The Bertz CT molecular complexity index is 1450. The van der Waals surface area contributed by atoms with E-state index in [1.807, 2.05) is 34.9 Å². The van der Waals surface area contributed by atoms with Gasteiger partial charge in [-0.3, -0.25) is 9.89 Å². The predicted octanol–water partition coefficient (Wildman–Crippen LogP) is 4.00. The molecule has 9 heteroatoms. The van der Waals surface area contributed by atoms with E-state index in [1.165, 1.54) is 6.08 Å². The number of halogens is 1. The number of H-pyrrole nitrogens is 1. The normalized spacial score (nSPS) is 18.9. The summed E-state index contributed by atoms with van der Waals surface area (Å²) in [4.78, 5) is 18.1. The molecule has 3 aromatic rings. The van der Waals surface area contributed by atoms with Gasteiger partial charge in [-0.1, -0.05) is 12.6 Å². The topological polar surface area (TPSA) is 88.5 Å². The smallest absolute Gasteiger partial charge is 0.245 e. The van der Waals surface area contributed by atoms with Crippen LogP contribution < -0.4 is 9.80 Å². The van der Waals surface area contributed by atoms with Gasteiger partial charge in [-0.05, 0) is 49.1 Å². The van der Waals surface area contributed by atoms with Gasteiger partial charge in [-0.25, -0.2) is 4.39 Å². The lowest BCUT2D eigenvalue weighted by Gasteiger charge is -2.54. The van der Waals surface area contributed by atoms with E-state index in [4.69, 9.17) is 4.74 Å². The van der Waals surface area contributed by atoms with Crippen molar-refractivity contribution in [2.24, 2.45) is 5.41 Å². The summed E-state index contributed by atoms with van der Waals surface area (Å²) in [7, 11) is 0. The van der Waals surface area contributed by atoms with E-state index in [1.54, 1.807) is 6.20 Å². The Labute approximate surface area is 221 Å². The van der Waals surface area contributed by atoms with Crippen molar-refractivity contribution < 1.29 is 13.9 Å². The van der Waals surface area contributed by atoms with Crippen LogP contribution in [0.4, 0.5) is 15.8 Å². The summed E-state index contributed by atoms with van der Waals surface area (Å²) >= 11 is 0. The molecule has 196 valence electrons. The van der Waals surface area contributed by atoms with E-state index in [9.17, 15) is 10.1 Å². The first-order chi connectivity index (χ1) is 18.4. The second-order valence-electron chi connectivity index (χ2n) is 10.7. The van der Waals surface area contributed by atoms with Crippen molar-refractivity contribution in [3.63, 3.8) is 0 Å². The average molecular weight is 515 g/mol. The number of ether oxygens (including phenoxy) is 1. The maximum Gasteiger partial charge on any atom is 0.245 e. The first kappa shape index (κ1) is 24.4. The number of hydrogen-bond acceptors (Lipinski definition) is 6. The largest absolute Gasteiger partial charge is 0.378 e. The highest BCUT2D eigenvalue weighted by molar-refractivity contribution is 6.00. The minimum Gasteiger partial charge on any atom is -0.378 e.